The monoisotopic (exact) mass is 281 g/mol. The predicted octanol–water partition coefficient (Wildman–Crippen LogP) is 4.53. The second-order valence-electron chi connectivity index (χ2n) is 7.73. The highest BCUT2D eigenvalue weighted by atomic mass is 16.5. The van der Waals surface area contributed by atoms with Gasteiger partial charge in [-0.15, -0.1) is 0 Å². The first kappa shape index (κ1) is 16.3. The lowest BCUT2D eigenvalue weighted by atomic mass is 9.70. The van der Waals surface area contributed by atoms with Gasteiger partial charge >= 0.3 is 0 Å². The molecule has 1 N–H and O–H groups in total. The second-order valence-corrected chi connectivity index (χ2v) is 7.73. The molecule has 118 valence electrons. The highest BCUT2D eigenvalue weighted by Gasteiger charge is 2.30. The molecule has 0 aromatic rings. The molecule has 1 aliphatic carbocycles. The smallest absolute Gasteiger partial charge is 0.0576 e. The molecule has 2 unspecified atom stereocenters. The van der Waals surface area contributed by atoms with Crippen molar-refractivity contribution >= 4 is 0 Å². The van der Waals surface area contributed by atoms with Crippen LogP contribution in [0.5, 0.6) is 0 Å². The summed E-state index contributed by atoms with van der Waals surface area (Å²) in [5.41, 5.74) is 0.588. The average Bonchev–Trinajstić information content (AvgIpc) is 2.91. The van der Waals surface area contributed by atoms with Crippen molar-refractivity contribution in [1.29, 1.82) is 0 Å². The fraction of sp³-hybridized carbons (Fsp3) is 1.00. The zero-order chi connectivity index (χ0) is 14.4. The van der Waals surface area contributed by atoms with Crippen molar-refractivity contribution in [3.05, 3.63) is 0 Å². The molecule has 0 aromatic carbocycles. The Kier molecular flexibility index (Phi) is 6.35. The van der Waals surface area contributed by atoms with Crippen LogP contribution in [0.3, 0.4) is 0 Å². The van der Waals surface area contributed by atoms with Crippen LogP contribution < -0.4 is 5.32 Å². The maximum Gasteiger partial charge on any atom is 0.0576 e. The van der Waals surface area contributed by atoms with Crippen LogP contribution in [0.1, 0.15) is 78.6 Å². The zero-order valence-electron chi connectivity index (χ0n) is 13.9. The summed E-state index contributed by atoms with van der Waals surface area (Å²) in [6, 6.07) is 0.748. The molecule has 2 heteroatoms. The van der Waals surface area contributed by atoms with E-state index in [2.05, 4.69) is 26.1 Å². The molecule has 2 nitrogen and oxygen atoms in total. The average molecular weight is 281 g/mol. The van der Waals surface area contributed by atoms with Crippen molar-refractivity contribution in [1.82, 2.24) is 5.32 Å². The predicted molar refractivity (Wildman–Crippen MR) is 86.0 cm³/mol. The van der Waals surface area contributed by atoms with Crippen molar-refractivity contribution in [3.63, 3.8) is 0 Å². The molecule has 0 radical (unpaired) electrons. The quantitative estimate of drug-likeness (QED) is 0.740. The third kappa shape index (κ3) is 5.04. The summed E-state index contributed by atoms with van der Waals surface area (Å²) in [7, 11) is 0. The molecule has 0 aromatic heterocycles. The molecule has 0 bridgehead atoms. The van der Waals surface area contributed by atoms with Gasteiger partial charge in [0.15, 0.2) is 0 Å². The number of rotatable bonds is 7. The van der Waals surface area contributed by atoms with Crippen molar-refractivity contribution in [2.75, 3.05) is 13.2 Å². The molecule has 2 fully saturated rings. The van der Waals surface area contributed by atoms with Gasteiger partial charge in [-0.2, -0.15) is 0 Å². The highest BCUT2D eigenvalue weighted by Crippen LogP contribution is 2.40. The zero-order valence-corrected chi connectivity index (χ0v) is 13.9. The standard InChI is InChI=1S/C18H35NO/c1-4-19-17(9-5-7-16-8-6-14-20-16)15-10-12-18(2,3)13-11-15/h15-17,19H,4-14H2,1-3H3. The summed E-state index contributed by atoms with van der Waals surface area (Å²) < 4.78 is 5.75. The first-order chi connectivity index (χ1) is 9.61. The van der Waals surface area contributed by atoms with Gasteiger partial charge in [0.25, 0.3) is 0 Å². The molecule has 0 spiro atoms. The van der Waals surface area contributed by atoms with E-state index in [1.54, 1.807) is 0 Å². The minimum absolute atomic E-state index is 0.572. The lowest BCUT2D eigenvalue weighted by Gasteiger charge is -2.38. The molecule has 1 aliphatic heterocycles. The van der Waals surface area contributed by atoms with Crippen LogP contribution >= 0.6 is 0 Å². The Hall–Kier alpha value is -0.0800. The van der Waals surface area contributed by atoms with E-state index in [1.165, 1.54) is 57.8 Å². The van der Waals surface area contributed by atoms with Crippen LogP contribution in [0.2, 0.25) is 0 Å². The first-order valence-electron chi connectivity index (χ1n) is 8.96. The van der Waals surface area contributed by atoms with Gasteiger partial charge in [0.1, 0.15) is 0 Å². The summed E-state index contributed by atoms with van der Waals surface area (Å²) in [5, 5.41) is 3.76. The molecular weight excluding hydrogens is 246 g/mol. The summed E-state index contributed by atoms with van der Waals surface area (Å²) in [5.74, 6) is 0.910. The fourth-order valence-corrected chi connectivity index (χ4v) is 4.03. The molecule has 2 rings (SSSR count). The van der Waals surface area contributed by atoms with Crippen LogP contribution in [0, 0.1) is 11.3 Å². The molecular formula is C18H35NO. The summed E-state index contributed by atoms with van der Waals surface area (Å²) in [6.45, 7) is 9.23. The first-order valence-corrected chi connectivity index (χ1v) is 8.96. The van der Waals surface area contributed by atoms with E-state index < -0.39 is 0 Å². The van der Waals surface area contributed by atoms with E-state index in [0.29, 0.717) is 11.5 Å². The second kappa shape index (κ2) is 7.79. The molecule has 0 amide bonds. The third-order valence-electron chi connectivity index (χ3n) is 5.48. The van der Waals surface area contributed by atoms with Gasteiger partial charge < -0.3 is 10.1 Å². The van der Waals surface area contributed by atoms with E-state index in [0.717, 1.165) is 25.1 Å². The van der Waals surface area contributed by atoms with Crippen molar-refractivity contribution in [3.8, 4) is 0 Å². The van der Waals surface area contributed by atoms with Crippen LogP contribution in [-0.2, 0) is 4.74 Å². The van der Waals surface area contributed by atoms with E-state index in [4.69, 9.17) is 4.74 Å². The van der Waals surface area contributed by atoms with E-state index in [9.17, 15) is 0 Å². The number of hydrogen-bond acceptors (Lipinski definition) is 2. The Labute approximate surface area is 126 Å². The topological polar surface area (TPSA) is 21.3 Å². The molecule has 20 heavy (non-hydrogen) atoms. The maximum atomic E-state index is 5.75. The molecule has 1 saturated heterocycles. The van der Waals surface area contributed by atoms with Gasteiger partial charge in [-0.25, -0.2) is 0 Å². The van der Waals surface area contributed by atoms with E-state index in [1.807, 2.05) is 0 Å². The highest BCUT2D eigenvalue weighted by molar-refractivity contribution is 4.85. The summed E-state index contributed by atoms with van der Waals surface area (Å²) in [4.78, 5) is 0. The van der Waals surface area contributed by atoms with Crippen molar-refractivity contribution < 1.29 is 4.74 Å². The Morgan fingerprint density at radius 2 is 1.95 bits per heavy atom. The van der Waals surface area contributed by atoms with Crippen LogP contribution in [0.15, 0.2) is 0 Å². The number of hydrogen-bond donors (Lipinski definition) is 1. The Morgan fingerprint density at radius 3 is 2.55 bits per heavy atom. The minimum Gasteiger partial charge on any atom is -0.378 e. The van der Waals surface area contributed by atoms with Gasteiger partial charge in [0.2, 0.25) is 0 Å². The van der Waals surface area contributed by atoms with Gasteiger partial charge in [-0.1, -0.05) is 20.8 Å². The van der Waals surface area contributed by atoms with Gasteiger partial charge in [-0.3, -0.25) is 0 Å². The maximum absolute atomic E-state index is 5.75. The SMILES string of the molecule is CCNC(CCCC1CCCO1)C1CCC(C)(C)CC1. The lowest BCUT2D eigenvalue weighted by Crippen LogP contribution is -2.39. The summed E-state index contributed by atoms with van der Waals surface area (Å²) >= 11 is 0. The van der Waals surface area contributed by atoms with Gasteiger partial charge in [-0.05, 0) is 75.7 Å². The number of ether oxygens (including phenoxy) is 1. The van der Waals surface area contributed by atoms with Crippen LogP contribution in [0.4, 0.5) is 0 Å². The van der Waals surface area contributed by atoms with Crippen LogP contribution in [0.25, 0.3) is 0 Å². The minimum atomic E-state index is 0.572. The van der Waals surface area contributed by atoms with E-state index in [-0.39, 0.29) is 0 Å². The Morgan fingerprint density at radius 1 is 1.20 bits per heavy atom. The Balaban J connectivity index is 1.72. The van der Waals surface area contributed by atoms with Crippen molar-refractivity contribution in [2.45, 2.75) is 90.7 Å². The fourth-order valence-electron chi connectivity index (χ4n) is 4.03. The summed E-state index contributed by atoms with van der Waals surface area (Å²) in [6.07, 6.45) is 12.8. The lowest BCUT2D eigenvalue weighted by molar-refractivity contribution is 0.0985. The normalized spacial score (nSPS) is 28.6. The molecule has 2 atom stereocenters. The van der Waals surface area contributed by atoms with Gasteiger partial charge in [0.05, 0.1) is 6.10 Å². The van der Waals surface area contributed by atoms with E-state index >= 15 is 0 Å². The van der Waals surface area contributed by atoms with Crippen LogP contribution in [-0.4, -0.2) is 25.3 Å². The molecule has 2 aliphatic rings. The molecule has 1 heterocycles. The molecule has 1 saturated carbocycles. The Bertz CT molecular complexity index is 261. The largest absolute Gasteiger partial charge is 0.378 e. The van der Waals surface area contributed by atoms with Gasteiger partial charge in [0, 0.05) is 12.6 Å². The van der Waals surface area contributed by atoms with Crippen molar-refractivity contribution in [2.24, 2.45) is 11.3 Å². The number of nitrogens with one attached hydrogen (secondary N) is 1. The third-order valence-corrected chi connectivity index (χ3v) is 5.48.